The molecule has 1 unspecified atom stereocenters. The second kappa shape index (κ2) is 5.81. The first-order valence-electron chi connectivity index (χ1n) is 6.89. The molecular weight excluding hydrogens is 254 g/mol. The highest BCUT2D eigenvalue weighted by atomic mass is 16.3. The molecule has 0 fully saturated rings. The normalized spacial score (nSPS) is 16.4. The fourth-order valence-electron chi connectivity index (χ4n) is 2.56. The van der Waals surface area contributed by atoms with Crippen molar-refractivity contribution < 1.29 is 9.90 Å². The lowest BCUT2D eigenvalue weighted by molar-refractivity contribution is 0.0326. The molecule has 1 aromatic carbocycles. The molecule has 0 aliphatic carbocycles. The van der Waals surface area contributed by atoms with Crippen molar-refractivity contribution in [3.8, 4) is 0 Å². The van der Waals surface area contributed by atoms with E-state index in [1.54, 1.807) is 6.92 Å². The van der Waals surface area contributed by atoms with Gasteiger partial charge in [0.05, 0.1) is 5.60 Å². The van der Waals surface area contributed by atoms with Gasteiger partial charge in [-0.25, -0.2) is 0 Å². The van der Waals surface area contributed by atoms with Gasteiger partial charge in [0.2, 0.25) is 0 Å². The van der Waals surface area contributed by atoms with Crippen LogP contribution in [-0.2, 0) is 6.42 Å². The van der Waals surface area contributed by atoms with Crippen LogP contribution in [0.3, 0.4) is 0 Å². The Labute approximate surface area is 120 Å². The van der Waals surface area contributed by atoms with Gasteiger partial charge >= 0.3 is 0 Å². The van der Waals surface area contributed by atoms with E-state index in [0.29, 0.717) is 12.1 Å². The van der Waals surface area contributed by atoms with Crippen LogP contribution in [0.1, 0.15) is 22.8 Å². The summed E-state index contributed by atoms with van der Waals surface area (Å²) in [6, 6.07) is 5.67. The molecule has 0 spiro atoms. The smallest absolute Gasteiger partial charge is 0.251 e. The summed E-state index contributed by atoms with van der Waals surface area (Å²) in [6.07, 6.45) is 0.953. The number of carbonyl (C=O) groups is 1. The van der Waals surface area contributed by atoms with Crippen LogP contribution in [0, 0.1) is 0 Å². The summed E-state index contributed by atoms with van der Waals surface area (Å²) in [5.41, 5.74) is 2.00. The average molecular weight is 277 g/mol. The quantitative estimate of drug-likeness (QED) is 0.741. The molecule has 0 bridgehead atoms. The number of likely N-dealkylation sites (N-methyl/N-ethyl adjacent to an activating group) is 1. The molecule has 1 heterocycles. The topological polar surface area (TPSA) is 64.6 Å². The standard InChI is InChI=1S/C15H23N3O2/c1-15(20,10-18(2)3)9-17-14(19)12-4-5-13-11(8-12)6-7-16-13/h4-5,8,16,20H,6-7,9-10H2,1-3H3,(H,17,19). The van der Waals surface area contributed by atoms with Gasteiger partial charge in [0.15, 0.2) is 0 Å². The van der Waals surface area contributed by atoms with E-state index < -0.39 is 5.60 Å². The van der Waals surface area contributed by atoms with Crippen molar-refractivity contribution in [1.29, 1.82) is 0 Å². The first-order chi connectivity index (χ1) is 9.37. The number of carbonyl (C=O) groups excluding carboxylic acids is 1. The summed E-state index contributed by atoms with van der Waals surface area (Å²) >= 11 is 0. The Kier molecular flexibility index (Phi) is 4.30. The molecule has 5 nitrogen and oxygen atoms in total. The van der Waals surface area contributed by atoms with Crippen molar-refractivity contribution >= 4 is 11.6 Å². The maximum absolute atomic E-state index is 12.1. The Bertz CT molecular complexity index is 498. The molecule has 1 atom stereocenters. The van der Waals surface area contributed by atoms with Crippen molar-refractivity contribution in [2.75, 3.05) is 39.0 Å². The molecule has 0 radical (unpaired) electrons. The summed E-state index contributed by atoms with van der Waals surface area (Å²) in [5, 5.41) is 16.2. The first-order valence-corrected chi connectivity index (χ1v) is 6.89. The van der Waals surface area contributed by atoms with Crippen LogP contribution in [0.2, 0.25) is 0 Å². The molecule has 1 aliphatic rings. The zero-order valence-electron chi connectivity index (χ0n) is 12.4. The molecule has 1 amide bonds. The van der Waals surface area contributed by atoms with Crippen LogP contribution >= 0.6 is 0 Å². The minimum absolute atomic E-state index is 0.140. The largest absolute Gasteiger partial charge is 0.387 e. The zero-order valence-corrected chi connectivity index (χ0v) is 12.4. The van der Waals surface area contributed by atoms with Gasteiger partial charge in [-0.05, 0) is 51.2 Å². The Morgan fingerprint density at radius 1 is 1.50 bits per heavy atom. The Morgan fingerprint density at radius 2 is 2.25 bits per heavy atom. The number of nitrogens with one attached hydrogen (secondary N) is 2. The number of hydrogen-bond acceptors (Lipinski definition) is 4. The zero-order chi connectivity index (χ0) is 14.8. The molecule has 0 aromatic heterocycles. The Hall–Kier alpha value is -1.59. The summed E-state index contributed by atoms with van der Waals surface area (Å²) < 4.78 is 0. The molecular formula is C15H23N3O2. The highest BCUT2D eigenvalue weighted by molar-refractivity contribution is 5.95. The van der Waals surface area contributed by atoms with E-state index >= 15 is 0 Å². The van der Waals surface area contributed by atoms with Crippen molar-refractivity contribution in [2.24, 2.45) is 0 Å². The summed E-state index contributed by atoms with van der Waals surface area (Å²) in [4.78, 5) is 14.0. The summed E-state index contributed by atoms with van der Waals surface area (Å²) in [6.45, 7) is 3.39. The Morgan fingerprint density at radius 3 is 2.95 bits per heavy atom. The van der Waals surface area contributed by atoms with E-state index in [1.165, 1.54) is 5.56 Å². The van der Waals surface area contributed by atoms with Crippen molar-refractivity contribution in [3.05, 3.63) is 29.3 Å². The monoisotopic (exact) mass is 277 g/mol. The number of amides is 1. The molecule has 0 saturated carbocycles. The second-order valence-corrected chi connectivity index (χ2v) is 5.97. The fourth-order valence-corrected chi connectivity index (χ4v) is 2.56. The third-order valence-corrected chi connectivity index (χ3v) is 3.36. The minimum atomic E-state index is -0.933. The van der Waals surface area contributed by atoms with E-state index in [-0.39, 0.29) is 12.5 Å². The van der Waals surface area contributed by atoms with Gasteiger partial charge in [-0.15, -0.1) is 0 Å². The van der Waals surface area contributed by atoms with Crippen LogP contribution in [0.15, 0.2) is 18.2 Å². The van der Waals surface area contributed by atoms with Crippen LogP contribution in [-0.4, -0.2) is 55.2 Å². The highest BCUT2D eigenvalue weighted by Gasteiger charge is 2.22. The van der Waals surface area contributed by atoms with Crippen LogP contribution in [0.4, 0.5) is 5.69 Å². The number of rotatable bonds is 5. The first kappa shape index (κ1) is 14.8. The molecule has 5 heteroatoms. The lowest BCUT2D eigenvalue weighted by Crippen LogP contribution is -2.47. The maximum atomic E-state index is 12.1. The van der Waals surface area contributed by atoms with Gasteiger partial charge < -0.3 is 20.6 Å². The van der Waals surface area contributed by atoms with E-state index in [1.807, 2.05) is 37.2 Å². The van der Waals surface area contributed by atoms with Gasteiger partial charge in [-0.2, -0.15) is 0 Å². The number of anilines is 1. The second-order valence-electron chi connectivity index (χ2n) is 5.97. The lowest BCUT2D eigenvalue weighted by Gasteiger charge is -2.27. The molecule has 110 valence electrons. The van der Waals surface area contributed by atoms with Crippen LogP contribution in [0.5, 0.6) is 0 Å². The van der Waals surface area contributed by atoms with Gasteiger partial charge in [0, 0.05) is 30.9 Å². The average Bonchev–Trinajstić information content (AvgIpc) is 2.81. The molecule has 0 saturated heterocycles. The third kappa shape index (κ3) is 3.71. The Balaban J connectivity index is 1.95. The molecule has 1 aromatic rings. The number of fused-ring (bicyclic) bond motifs is 1. The van der Waals surface area contributed by atoms with Gasteiger partial charge in [0.1, 0.15) is 0 Å². The van der Waals surface area contributed by atoms with Gasteiger partial charge in [0.25, 0.3) is 5.91 Å². The van der Waals surface area contributed by atoms with E-state index in [0.717, 1.165) is 18.7 Å². The predicted octanol–water partition coefficient (Wildman–Crippen LogP) is 0.697. The van der Waals surface area contributed by atoms with E-state index in [9.17, 15) is 9.90 Å². The number of nitrogens with zero attached hydrogens (tertiary/aromatic N) is 1. The van der Waals surface area contributed by atoms with Crippen LogP contribution in [0.25, 0.3) is 0 Å². The molecule has 20 heavy (non-hydrogen) atoms. The van der Waals surface area contributed by atoms with Crippen molar-refractivity contribution in [1.82, 2.24) is 10.2 Å². The maximum Gasteiger partial charge on any atom is 0.251 e. The van der Waals surface area contributed by atoms with Crippen molar-refractivity contribution in [3.63, 3.8) is 0 Å². The SMILES string of the molecule is CN(C)CC(C)(O)CNC(=O)c1ccc2c(c1)CCN2. The number of aliphatic hydroxyl groups is 1. The molecule has 1 aliphatic heterocycles. The summed E-state index contributed by atoms with van der Waals surface area (Å²) in [7, 11) is 3.79. The minimum Gasteiger partial charge on any atom is -0.387 e. The van der Waals surface area contributed by atoms with E-state index in [4.69, 9.17) is 0 Å². The third-order valence-electron chi connectivity index (χ3n) is 3.36. The highest BCUT2D eigenvalue weighted by Crippen LogP contribution is 2.22. The fraction of sp³-hybridized carbons (Fsp3) is 0.533. The summed E-state index contributed by atoms with van der Waals surface area (Å²) in [5.74, 6) is -0.140. The predicted molar refractivity (Wildman–Crippen MR) is 80.1 cm³/mol. The van der Waals surface area contributed by atoms with Gasteiger partial charge in [-0.3, -0.25) is 4.79 Å². The van der Waals surface area contributed by atoms with Crippen LogP contribution < -0.4 is 10.6 Å². The van der Waals surface area contributed by atoms with Gasteiger partial charge in [-0.1, -0.05) is 0 Å². The van der Waals surface area contributed by atoms with Crippen molar-refractivity contribution in [2.45, 2.75) is 18.9 Å². The number of benzene rings is 1. The number of hydrogen-bond donors (Lipinski definition) is 3. The molecule has 3 N–H and O–H groups in total. The lowest BCUT2D eigenvalue weighted by atomic mass is 10.1. The molecule has 2 rings (SSSR count). The van der Waals surface area contributed by atoms with E-state index in [2.05, 4.69) is 10.6 Å².